The van der Waals surface area contributed by atoms with Gasteiger partial charge < -0.3 is 10.1 Å². The molecule has 0 unspecified atom stereocenters. The monoisotopic (exact) mass is 379 g/mol. The van der Waals surface area contributed by atoms with Crippen LogP contribution in [0.3, 0.4) is 0 Å². The predicted octanol–water partition coefficient (Wildman–Crippen LogP) is 5.99. The van der Waals surface area contributed by atoms with Crippen LogP contribution >= 0.6 is 22.7 Å². The second-order valence-corrected chi connectivity index (χ2v) is 7.72. The van der Waals surface area contributed by atoms with Gasteiger partial charge in [0.2, 0.25) is 5.13 Å². The van der Waals surface area contributed by atoms with E-state index in [9.17, 15) is 0 Å². The molecule has 4 aromatic rings. The largest absolute Gasteiger partial charge is 0.497 e. The Labute approximate surface area is 160 Å². The molecule has 0 amide bonds. The fraction of sp³-hybridized carbons (Fsp3) is 0.100. The molecule has 0 radical (unpaired) electrons. The molecule has 0 bridgehead atoms. The molecule has 26 heavy (non-hydrogen) atoms. The number of methoxy groups -OCH3 is 1. The Morgan fingerprint density at radius 3 is 2.38 bits per heavy atom. The molecule has 0 aliphatic rings. The molecule has 2 heterocycles. The number of benzene rings is 2. The van der Waals surface area contributed by atoms with Crippen molar-refractivity contribution in [1.29, 1.82) is 0 Å². The van der Waals surface area contributed by atoms with Crippen LogP contribution in [0.1, 0.15) is 5.56 Å². The summed E-state index contributed by atoms with van der Waals surface area (Å²) in [4.78, 5) is 1.19. The van der Waals surface area contributed by atoms with Gasteiger partial charge in [-0.1, -0.05) is 41.2 Å². The third-order valence-electron chi connectivity index (χ3n) is 3.95. The van der Waals surface area contributed by atoms with Gasteiger partial charge in [-0.3, -0.25) is 0 Å². The van der Waals surface area contributed by atoms with E-state index in [0.29, 0.717) is 0 Å². The van der Waals surface area contributed by atoms with Gasteiger partial charge in [0, 0.05) is 15.8 Å². The van der Waals surface area contributed by atoms with Crippen LogP contribution in [-0.2, 0) is 0 Å². The molecule has 4 rings (SSSR count). The molecular formula is C20H17N3OS2. The van der Waals surface area contributed by atoms with Gasteiger partial charge in [-0.2, -0.15) is 0 Å². The maximum Gasteiger partial charge on any atom is 0.210 e. The molecule has 6 heteroatoms. The average molecular weight is 380 g/mol. The molecule has 0 aliphatic heterocycles. The number of rotatable bonds is 5. The van der Waals surface area contributed by atoms with Gasteiger partial charge in [-0.25, -0.2) is 0 Å². The Balaban J connectivity index is 1.49. The lowest BCUT2D eigenvalue weighted by Crippen LogP contribution is -1.86. The Morgan fingerprint density at radius 2 is 1.65 bits per heavy atom. The number of hydrogen-bond acceptors (Lipinski definition) is 6. The van der Waals surface area contributed by atoms with Crippen LogP contribution in [0.2, 0.25) is 0 Å². The van der Waals surface area contributed by atoms with E-state index in [0.717, 1.165) is 27.1 Å². The number of anilines is 2. The van der Waals surface area contributed by atoms with E-state index in [2.05, 4.69) is 70.3 Å². The maximum absolute atomic E-state index is 5.21. The smallest absolute Gasteiger partial charge is 0.210 e. The van der Waals surface area contributed by atoms with Crippen molar-refractivity contribution in [2.45, 2.75) is 6.92 Å². The minimum absolute atomic E-state index is 0.791. The number of nitrogens with one attached hydrogen (secondary N) is 1. The van der Waals surface area contributed by atoms with Crippen molar-refractivity contribution < 1.29 is 4.74 Å². The predicted molar refractivity (Wildman–Crippen MR) is 110 cm³/mol. The molecule has 130 valence electrons. The third kappa shape index (κ3) is 3.61. The van der Waals surface area contributed by atoms with Crippen LogP contribution in [0.5, 0.6) is 5.75 Å². The summed E-state index contributed by atoms with van der Waals surface area (Å²) in [5.74, 6) is 0.862. The molecule has 1 N–H and O–H groups in total. The molecule has 4 nitrogen and oxygen atoms in total. The normalized spacial score (nSPS) is 10.7. The molecular weight excluding hydrogens is 362 g/mol. The number of nitrogens with zero attached hydrogens (tertiary/aromatic N) is 2. The van der Waals surface area contributed by atoms with Gasteiger partial charge >= 0.3 is 0 Å². The van der Waals surface area contributed by atoms with Crippen molar-refractivity contribution >= 4 is 33.5 Å². The van der Waals surface area contributed by atoms with Gasteiger partial charge in [0.25, 0.3) is 0 Å². The van der Waals surface area contributed by atoms with E-state index in [4.69, 9.17) is 4.74 Å². The van der Waals surface area contributed by atoms with Gasteiger partial charge in [0.15, 0.2) is 0 Å². The Bertz CT molecular complexity index is 1000. The summed E-state index contributed by atoms with van der Waals surface area (Å²) >= 11 is 3.24. The highest BCUT2D eigenvalue weighted by Gasteiger charge is 2.09. The lowest BCUT2D eigenvalue weighted by Gasteiger charge is -2.01. The second kappa shape index (κ2) is 7.27. The summed E-state index contributed by atoms with van der Waals surface area (Å²) in [6.07, 6.45) is 0. The standard InChI is InChI=1S/C20H17N3OS2/c1-13-3-5-15(6-4-13)19-22-23-20(26-19)21-16-11-18(25-12-16)14-7-9-17(24-2)10-8-14/h3-12H,1-2H3,(H,21,23). The first-order chi connectivity index (χ1) is 12.7. The lowest BCUT2D eigenvalue weighted by molar-refractivity contribution is 0.415. The van der Waals surface area contributed by atoms with Crippen LogP contribution in [0.15, 0.2) is 60.0 Å². The highest BCUT2D eigenvalue weighted by molar-refractivity contribution is 7.18. The van der Waals surface area contributed by atoms with Crippen LogP contribution in [0, 0.1) is 6.92 Å². The highest BCUT2D eigenvalue weighted by atomic mass is 32.1. The topological polar surface area (TPSA) is 47.0 Å². The van der Waals surface area contributed by atoms with Crippen LogP contribution < -0.4 is 10.1 Å². The van der Waals surface area contributed by atoms with E-state index >= 15 is 0 Å². The first-order valence-corrected chi connectivity index (χ1v) is 9.81. The summed E-state index contributed by atoms with van der Waals surface area (Å²) < 4.78 is 5.21. The van der Waals surface area contributed by atoms with Crippen molar-refractivity contribution in [2.75, 3.05) is 12.4 Å². The molecule has 0 saturated carbocycles. The van der Waals surface area contributed by atoms with Crippen LogP contribution in [0.25, 0.3) is 21.0 Å². The quantitative estimate of drug-likeness (QED) is 0.462. The number of aromatic nitrogens is 2. The summed E-state index contributed by atoms with van der Waals surface area (Å²) in [5.41, 5.74) is 4.51. The first kappa shape index (κ1) is 16.8. The number of aryl methyl sites for hydroxylation is 1. The van der Waals surface area contributed by atoms with Crippen LogP contribution in [0.4, 0.5) is 10.8 Å². The van der Waals surface area contributed by atoms with Gasteiger partial charge in [0.1, 0.15) is 10.8 Å². The first-order valence-electron chi connectivity index (χ1n) is 8.12. The zero-order chi connectivity index (χ0) is 17.9. The summed E-state index contributed by atoms with van der Waals surface area (Å²) in [6.45, 7) is 2.08. The Morgan fingerprint density at radius 1 is 0.923 bits per heavy atom. The average Bonchev–Trinajstić information content (AvgIpc) is 3.33. The van der Waals surface area contributed by atoms with Gasteiger partial charge in [0.05, 0.1) is 12.8 Å². The zero-order valence-corrected chi connectivity index (χ0v) is 16.0. The number of hydrogen-bond donors (Lipinski definition) is 1. The van der Waals surface area contributed by atoms with Crippen molar-refractivity contribution in [3.63, 3.8) is 0 Å². The molecule has 0 fully saturated rings. The van der Waals surface area contributed by atoms with Crippen molar-refractivity contribution in [1.82, 2.24) is 10.2 Å². The minimum Gasteiger partial charge on any atom is -0.497 e. The zero-order valence-electron chi connectivity index (χ0n) is 14.4. The number of thiophene rings is 1. The molecule has 0 atom stereocenters. The lowest BCUT2D eigenvalue weighted by atomic mass is 10.2. The molecule has 0 spiro atoms. The summed E-state index contributed by atoms with van der Waals surface area (Å²) in [6, 6.07) is 18.5. The molecule has 0 saturated heterocycles. The van der Waals surface area contributed by atoms with Crippen molar-refractivity contribution in [3.05, 3.63) is 65.5 Å². The van der Waals surface area contributed by atoms with Gasteiger partial charge in [-0.05, 0) is 42.8 Å². The van der Waals surface area contributed by atoms with Crippen LogP contribution in [-0.4, -0.2) is 17.3 Å². The van der Waals surface area contributed by atoms with E-state index in [1.54, 1.807) is 29.8 Å². The fourth-order valence-electron chi connectivity index (χ4n) is 2.52. The van der Waals surface area contributed by atoms with E-state index in [1.807, 2.05) is 12.1 Å². The van der Waals surface area contributed by atoms with Crippen molar-refractivity contribution in [2.24, 2.45) is 0 Å². The van der Waals surface area contributed by atoms with Gasteiger partial charge in [-0.15, -0.1) is 21.5 Å². The summed E-state index contributed by atoms with van der Waals surface area (Å²) in [5, 5.41) is 15.7. The van der Waals surface area contributed by atoms with E-state index in [-0.39, 0.29) is 0 Å². The van der Waals surface area contributed by atoms with E-state index in [1.165, 1.54) is 16.0 Å². The SMILES string of the molecule is COc1ccc(-c2cc(Nc3nnc(-c4ccc(C)cc4)s3)cs2)cc1. The number of ether oxygens (including phenoxy) is 1. The maximum atomic E-state index is 5.21. The van der Waals surface area contributed by atoms with Crippen molar-refractivity contribution in [3.8, 4) is 26.8 Å². The Kier molecular flexibility index (Phi) is 4.69. The molecule has 0 aliphatic carbocycles. The third-order valence-corrected chi connectivity index (χ3v) is 5.82. The summed E-state index contributed by atoms with van der Waals surface area (Å²) in [7, 11) is 1.68. The fourth-order valence-corrected chi connectivity index (χ4v) is 4.14. The van der Waals surface area contributed by atoms with E-state index < -0.39 is 0 Å². The minimum atomic E-state index is 0.791. The molecule has 2 aromatic heterocycles. The second-order valence-electron chi connectivity index (χ2n) is 5.83. The Hall–Kier alpha value is -2.70. The highest BCUT2D eigenvalue weighted by Crippen LogP contribution is 2.34. The molecule has 2 aromatic carbocycles.